The SMILES string of the molecule is Cc1nc2cc(NC(=O)C3CCCCC3)ccc2o1. The maximum absolute atomic E-state index is 12.2. The smallest absolute Gasteiger partial charge is 0.227 e. The maximum Gasteiger partial charge on any atom is 0.227 e. The van der Waals surface area contributed by atoms with E-state index in [1.807, 2.05) is 25.1 Å². The number of fused-ring (bicyclic) bond motifs is 1. The van der Waals surface area contributed by atoms with Crippen molar-refractivity contribution in [3.8, 4) is 0 Å². The van der Waals surface area contributed by atoms with Crippen LogP contribution in [0.25, 0.3) is 11.1 Å². The molecule has 1 amide bonds. The van der Waals surface area contributed by atoms with E-state index in [0.29, 0.717) is 5.89 Å². The molecule has 0 saturated heterocycles. The Kier molecular flexibility index (Phi) is 3.23. The van der Waals surface area contributed by atoms with E-state index in [4.69, 9.17) is 4.42 Å². The first-order valence-corrected chi connectivity index (χ1v) is 6.90. The Bertz CT molecular complexity index is 597. The standard InChI is InChI=1S/C15H18N2O2/c1-10-16-13-9-12(7-8-14(13)19-10)17-15(18)11-5-3-2-4-6-11/h7-9,11H,2-6H2,1H3,(H,17,18). The Morgan fingerprint density at radius 1 is 1.32 bits per heavy atom. The molecule has 0 radical (unpaired) electrons. The summed E-state index contributed by atoms with van der Waals surface area (Å²) in [5, 5.41) is 2.99. The van der Waals surface area contributed by atoms with Crippen molar-refractivity contribution in [3.05, 3.63) is 24.1 Å². The summed E-state index contributed by atoms with van der Waals surface area (Å²) in [6.45, 7) is 1.82. The summed E-state index contributed by atoms with van der Waals surface area (Å²) < 4.78 is 5.42. The molecule has 1 aliphatic carbocycles. The van der Waals surface area contributed by atoms with E-state index < -0.39 is 0 Å². The molecule has 1 N–H and O–H groups in total. The second-order valence-electron chi connectivity index (χ2n) is 5.24. The molecule has 1 aromatic carbocycles. The van der Waals surface area contributed by atoms with Gasteiger partial charge in [-0.15, -0.1) is 0 Å². The van der Waals surface area contributed by atoms with Crippen molar-refractivity contribution in [1.29, 1.82) is 0 Å². The quantitative estimate of drug-likeness (QED) is 0.894. The third-order valence-electron chi connectivity index (χ3n) is 3.74. The topological polar surface area (TPSA) is 55.1 Å². The zero-order chi connectivity index (χ0) is 13.2. The molecule has 19 heavy (non-hydrogen) atoms. The van der Waals surface area contributed by atoms with Gasteiger partial charge in [0.1, 0.15) is 5.52 Å². The van der Waals surface area contributed by atoms with Crippen LogP contribution in [0.1, 0.15) is 38.0 Å². The summed E-state index contributed by atoms with van der Waals surface area (Å²) in [6.07, 6.45) is 5.61. The van der Waals surface area contributed by atoms with Crippen LogP contribution in [0.2, 0.25) is 0 Å². The molecule has 0 spiro atoms. The van der Waals surface area contributed by atoms with Crippen molar-refractivity contribution < 1.29 is 9.21 Å². The molecule has 100 valence electrons. The number of nitrogens with one attached hydrogen (secondary N) is 1. The minimum atomic E-state index is 0.138. The molecule has 1 saturated carbocycles. The van der Waals surface area contributed by atoms with E-state index in [9.17, 15) is 4.79 Å². The average molecular weight is 258 g/mol. The predicted molar refractivity (Wildman–Crippen MR) is 74.0 cm³/mol. The number of oxazole rings is 1. The molecule has 1 fully saturated rings. The lowest BCUT2D eigenvalue weighted by atomic mass is 9.88. The molecule has 0 aliphatic heterocycles. The van der Waals surface area contributed by atoms with Crippen molar-refractivity contribution in [2.24, 2.45) is 5.92 Å². The predicted octanol–water partition coefficient (Wildman–Crippen LogP) is 3.66. The second kappa shape index (κ2) is 5.03. The van der Waals surface area contributed by atoms with E-state index in [1.54, 1.807) is 0 Å². The molecule has 0 bridgehead atoms. The molecule has 0 atom stereocenters. The Hall–Kier alpha value is -1.84. The van der Waals surface area contributed by atoms with Gasteiger partial charge in [0.2, 0.25) is 5.91 Å². The molecule has 1 aromatic heterocycles. The molecule has 1 heterocycles. The van der Waals surface area contributed by atoms with Crippen LogP contribution in [0.4, 0.5) is 5.69 Å². The fraction of sp³-hybridized carbons (Fsp3) is 0.467. The van der Waals surface area contributed by atoms with Gasteiger partial charge in [-0.05, 0) is 31.0 Å². The first kappa shape index (κ1) is 12.2. The Morgan fingerprint density at radius 3 is 2.89 bits per heavy atom. The summed E-state index contributed by atoms with van der Waals surface area (Å²) in [5.74, 6) is 0.952. The van der Waals surface area contributed by atoms with Gasteiger partial charge < -0.3 is 9.73 Å². The zero-order valence-electron chi connectivity index (χ0n) is 11.1. The van der Waals surface area contributed by atoms with Crippen LogP contribution in [-0.4, -0.2) is 10.9 Å². The number of carbonyl (C=O) groups excluding carboxylic acids is 1. The molecule has 4 nitrogen and oxygen atoms in total. The number of amides is 1. The maximum atomic E-state index is 12.2. The van der Waals surface area contributed by atoms with Gasteiger partial charge in [-0.2, -0.15) is 0 Å². The van der Waals surface area contributed by atoms with Crippen molar-refractivity contribution in [2.75, 3.05) is 5.32 Å². The van der Waals surface area contributed by atoms with Crippen LogP contribution in [0, 0.1) is 12.8 Å². The van der Waals surface area contributed by atoms with Crippen LogP contribution < -0.4 is 5.32 Å². The van der Waals surface area contributed by atoms with Crippen LogP contribution in [0.3, 0.4) is 0 Å². The first-order chi connectivity index (χ1) is 9.22. The van der Waals surface area contributed by atoms with Gasteiger partial charge in [-0.25, -0.2) is 4.98 Å². The van der Waals surface area contributed by atoms with Crippen molar-refractivity contribution in [2.45, 2.75) is 39.0 Å². The number of nitrogens with zero attached hydrogens (tertiary/aromatic N) is 1. The van der Waals surface area contributed by atoms with Gasteiger partial charge in [0.25, 0.3) is 0 Å². The first-order valence-electron chi connectivity index (χ1n) is 6.90. The van der Waals surface area contributed by atoms with Crippen molar-refractivity contribution >= 4 is 22.7 Å². The van der Waals surface area contributed by atoms with Crippen LogP contribution >= 0.6 is 0 Å². The lowest BCUT2D eigenvalue weighted by Crippen LogP contribution is -2.24. The van der Waals surface area contributed by atoms with Crippen molar-refractivity contribution in [1.82, 2.24) is 4.98 Å². The fourth-order valence-corrected chi connectivity index (χ4v) is 2.73. The van der Waals surface area contributed by atoms with Gasteiger partial charge in [0.15, 0.2) is 11.5 Å². The summed E-state index contributed by atoms with van der Waals surface area (Å²) in [7, 11) is 0. The molecule has 1 aliphatic rings. The summed E-state index contributed by atoms with van der Waals surface area (Å²) in [5.41, 5.74) is 2.35. The molecular formula is C15H18N2O2. The third-order valence-corrected chi connectivity index (χ3v) is 3.74. The minimum Gasteiger partial charge on any atom is -0.441 e. The zero-order valence-corrected chi connectivity index (χ0v) is 11.1. The Labute approximate surface area is 112 Å². The summed E-state index contributed by atoms with van der Waals surface area (Å²) in [6, 6.07) is 5.59. The van der Waals surface area contributed by atoms with E-state index in [2.05, 4.69) is 10.3 Å². The van der Waals surface area contributed by atoms with Crippen molar-refractivity contribution in [3.63, 3.8) is 0 Å². The second-order valence-corrected chi connectivity index (χ2v) is 5.24. The number of aromatic nitrogens is 1. The number of benzene rings is 1. The monoisotopic (exact) mass is 258 g/mol. The van der Waals surface area contributed by atoms with Gasteiger partial charge in [-0.3, -0.25) is 4.79 Å². The number of hydrogen-bond acceptors (Lipinski definition) is 3. The fourth-order valence-electron chi connectivity index (χ4n) is 2.73. The normalized spacial score (nSPS) is 16.7. The molecular weight excluding hydrogens is 240 g/mol. The lowest BCUT2D eigenvalue weighted by Gasteiger charge is -2.20. The highest BCUT2D eigenvalue weighted by Crippen LogP contribution is 2.26. The largest absolute Gasteiger partial charge is 0.441 e. The number of rotatable bonds is 2. The average Bonchev–Trinajstić information content (AvgIpc) is 2.79. The van der Waals surface area contributed by atoms with Gasteiger partial charge >= 0.3 is 0 Å². The highest BCUT2D eigenvalue weighted by molar-refractivity contribution is 5.94. The summed E-state index contributed by atoms with van der Waals surface area (Å²) >= 11 is 0. The Morgan fingerprint density at radius 2 is 2.11 bits per heavy atom. The van der Waals surface area contributed by atoms with E-state index >= 15 is 0 Å². The van der Waals surface area contributed by atoms with Crippen LogP contribution in [0.15, 0.2) is 22.6 Å². The van der Waals surface area contributed by atoms with E-state index in [0.717, 1.165) is 29.6 Å². The third kappa shape index (κ3) is 2.62. The number of carbonyl (C=O) groups is 1. The Balaban J connectivity index is 1.74. The van der Waals surface area contributed by atoms with Gasteiger partial charge in [-0.1, -0.05) is 19.3 Å². The van der Waals surface area contributed by atoms with Crippen LogP contribution in [-0.2, 0) is 4.79 Å². The van der Waals surface area contributed by atoms with Gasteiger partial charge in [0, 0.05) is 18.5 Å². The van der Waals surface area contributed by atoms with E-state index in [1.165, 1.54) is 19.3 Å². The highest BCUT2D eigenvalue weighted by Gasteiger charge is 2.21. The lowest BCUT2D eigenvalue weighted by molar-refractivity contribution is -0.120. The molecule has 0 unspecified atom stereocenters. The number of aryl methyl sites for hydroxylation is 1. The number of anilines is 1. The minimum absolute atomic E-state index is 0.138. The van der Waals surface area contributed by atoms with Crippen LogP contribution in [0.5, 0.6) is 0 Å². The van der Waals surface area contributed by atoms with E-state index in [-0.39, 0.29) is 11.8 Å². The van der Waals surface area contributed by atoms with Gasteiger partial charge in [0.05, 0.1) is 0 Å². The molecule has 3 rings (SSSR count). The summed E-state index contributed by atoms with van der Waals surface area (Å²) in [4.78, 5) is 16.4. The molecule has 2 aromatic rings. The molecule has 4 heteroatoms. The highest BCUT2D eigenvalue weighted by atomic mass is 16.3. The number of hydrogen-bond donors (Lipinski definition) is 1.